The van der Waals surface area contributed by atoms with E-state index in [0.29, 0.717) is 0 Å². The fourth-order valence-corrected chi connectivity index (χ4v) is 1.07. The smallest absolute Gasteiger partial charge is 0.152 e. The van der Waals surface area contributed by atoms with Gasteiger partial charge in [-0.2, -0.15) is 0 Å². The van der Waals surface area contributed by atoms with Crippen LogP contribution in [0.25, 0.3) is 0 Å². The van der Waals surface area contributed by atoms with Crippen LogP contribution in [0.15, 0.2) is 0 Å². The van der Waals surface area contributed by atoms with Crippen molar-refractivity contribution in [3.63, 3.8) is 0 Å². The van der Waals surface area contributed by atoms with E-state index in [4.69, 9.17) is 5.11 Å². The fourth-order valence-electron chi connectivity index (χ4n) is 0.358. The maximum absolute atomic E-state index is 10.6. The molecule has 1 N–H and O–H groups in total. The van der Waals surface area contributed by atoms with Gasteiger partial charge in [0.05, 0.1) is 11.4 Å². The van der Waals surface area contributed by atoms with Crippen molar-refractivity contribution < 1.29 is 13.5 Å². The number of rotatable bonds is 2. The molecule has 0 rings (SSSR count). The van der Waals surface area contributed by atoms with E-state index in [2.05, 4.69) is 0 Å². The lowest BCUT2D eigenvalue weighted by molar-refractivity contribution is 0.193. The molecular weight excluding hydrogens is 140 g/mol. The molecule has 0 aromatic rings. The van der Waals surface area contributed by atoms with Gasteiger partial charge in [-0.05, 0) is 13.8 Å². The highest BCUT2D eigenvalue weighted by Crippen LogP contribution is 2.02. The highest BCUT2D eigenvalue weighted by Gasteiger charge is 2.19. The first-order valence-corrected chi connectivity index (χ1v) is 4.68. The SMILES string of the molecule is C[C@H](O)[C@@H](C)S(C)(=O)=O. The van der Waals surface area contributed by atoms with Crippen LogP contribution in [0.1, 0.15) is 13.8 Å². The van der Waals surface area contributed by atoms with Crippen LogP contribution in [0.5, 0.6) is 0 Å². The number of hydrogen-bond donors (Lipinski definition) is 1. The lowest BCUT2D eigenvalue weighted by Gasteiger charge is -2.10. The Kier molecular flexibility index (Phi) is 2.64. The van der Waals surface area contributed by atoms with E-state index >= 15 is 0 Å². The van der Waals surface area contributed by atoms with E-state index in [9.17, 15) is 8.42 Å². The Bertz CT molecular complexity index is 169. The molecule has 0 amide bonds. The maximum atomic E-state index is 10.6. The summed E-state index contributed by atoms with van der Waals surface area (Å²) in [5.41, 5.74) is 0. The molecule has 9 heavy (non-hydrogen) atoms. The largest absolute Gasteiger partial charge is 0.392 e. The standard InChI is InChI=1S/C5H12O3S/c1-4(6)5(2)9(3,7)8/h4-6H,1-3H3/t4-,5+/m0/s1. The van der Waals surface area contributed by atoms with Crippen molar-refractivity contribution in [1.82, 2.24) is 0 Å². The van der Waals surface area contributed by atoms with Crippen LogP contribution in [0.4, 0.5) is 0 Å². The molecule has 0 aliphatic carbocycles. The molecule has 0 aromatic carbocycles. The van der Waals surface area contributed by atoms with Crippen molar-refractivity contribution in [2.24, 2.45) is 0 Å². The molecule has 0 radical (unpaired) electrons. The Hall–Kier alpha value is -0.0900. The Morgan fingerprint density at radius 3 is 1.67 bits per heavy atom. The topological polar surface area (TPSA) is 54.4 Å². The van der Waals surface area contributed by atoms with Gasteiger partial charge in [-0.1, -0.05) is 0 Å². The van der Waals surface area contributed by atoms with E-state index < -0.39 is 21.2 Å². The van der Waals surface area contributed by atoms with Crippen molar-refractivity contribution in [2.45, 2.75) is 25.2 Å². The predicted octanol–water partition coefficient (Wildman–Crippen LogP) is -0.200. The van der Waals surface area contributed by atoms with E-state index in [0.717, 1.165) is 6.26 Å². The average Bonchev–Trinajstić information content (AvgIpc) is 1.62. The summed E-state index contributed by atoms with van der Waals surface area (Å²) in [6.45, 7) is 2.95. The molecule has 0 aliphatic heterocycles. The first kappa shape index (κ1) is 8.91. The molecule has 0 saturated heterocycles. The molecule has 0 aliphatic rings. The highest BCUT2D eigenvalue weighted by atomic mass is 32.2. The van der Waals surface area contributed by atoms with Crippen LogP contribution in [-0.4, -0.2) is 31.1 Å². The monoisotopic (exact) mass is 152 g/mol. The van der Waals surface area contributed by atoms with Crippen LogP contribution in [-0.2, 0) is 9.84 Å². The molecule has 0 aromatic heterocycles. The van der Waals surface area contributed by atoms with Gasteiger partial charge >= 0.3 is 0 Å². The Balaban J connectivity index is 4.24. The lowest BCUT2D eigenvalue weighted by atomic mass is 10.3. The van der Waals surface area contributed by atoms with Crippen molar-refractivity contribution in [3.05, 3.63) is 0 Å². The number of sulfone groups is 1. The second kappa shape index (κ2) is 2.66. The molecule has 0 heterocycles. The van der Waals surface area contributed by atoms with E-state index in [-0.39, 0.29) is 0 Å². The van der Waals surface area contributed by atoms with Gasteiger partial charge in [0.15, 0.2) is 9.84 Å². The zero-order valence-corrected chi connectivity index (χ0v) is 6.64. The van der Waals surface area contributed by atoms with E-state index in [1.54, 1.807) is 0 Å². The summed E-state index contributed by atoms with van der Waals surface area (Å²) in [4.78, 5) is 0. The molecule has 2 atom stereocenters. The van der Waals surface area contributed by atoms with Crippen molar-refractivity contribution in [1.29, 1.82) is 0 Å². The van der Waals surface area contributed by atoms with Crippen molar-refractivity contribution in [2.75, 3.05) is 6.26 Å². The van der Waals surface area contributed by atoms with E-state index in [1.165, 1.54) is 13.8 Å². The first-order chi connectivity index (χ1) is 3.85. The first-order valence-electron chi connectivity index (χ1n) is 2.72. The number of aliphatic hydroxyl groups is 1. The Morgan fingerprint density at radius 2 is 1.67 bits per heavy atom. The fraction of sp³-hybridized carbons (Fsp3) is 1.00. The van der Waals surface area contributed by atoms with E-state index in [1.807, 2.05) is 0 Å². The second-order valence-corrected chi connectivity index (χ2v) is 4.68. The average molecular weight is 152 g/mol. The molecule has 0 spiro atoms. The molecule has 4 heteroatoms. The summed E-state index contributed by atoms with van der Waals surface area (Å²) in [5, 5.41) is 8.12. The molecular formula is C5H12O3S. The minimum absolute atomic E-state index is 0.655. The summed E-state index contributed by atoms with van der Waals surface area (Å²) in [7, 11) is -3.05. The van der Waals surface area contributed by atoms with Gasteiger partial charge in [0, 0.05) is 6.26 Å². The van der Waals surface area contributed by atoms with Gasteiger partial charge in [0.2, 0.25) is 0 Å². The molecule has 0 fully saturated rings. The van der Waals surface area contributed by atoms with Crippen LogP contribution in [0, 0.1) is 0 Å². The van der Waals surface area contributed by atoms with Crippen molar-refractivity contribution in [3.8, 4) is 0 Å². The van der Waals surface area contributed by atoms with Gasteiger partial charge in [-0.3, -0.25) is 0 Å². The van der Waals surface area contributed by atoms with Gasteiger partial charge in [0.1, 0.15) is 0 Å². The molecule has 3 nitrogen and oxygen atoms in total. The minimum atomic E-state index is -3.05. The molecule has 0 saturated carbocycles. The quantitative estimate of drug-likeness (QED) is 0.596. The molecule has 0 bridgehead atoms. The third-order valence-corrected chi connectivity index (χ3v) is 3.10. The zero-order valence-electron chi connectivity index (χ0n) is 5.83. The normalized spacial score (nSPS) is 19.1. The summed E-state index contributed by atoms with van der Waals surface area (Å²) >= 11 is 0. The van der Waals surface area contributed by atoms with Gasteiger partial charge in [-0.15, -0.1) is 0 Å². The highest BCUT2D eigenvalue weighted by molar-refractivity contribution is 7.91. The zero-order chi connectivity index (χ0) is 7.65. The summed E-state index contributed by atoms with van der Waals surface area (Å²) in [6, 6.07) is 0. The summed E-state index contributed by atoms with van der Waals surface area (Å²) < 4.78 is 21.2. The van der Waals surface area contributed by atoms with Gasteiger partial charge in [-0.25, -0.2) is 8.42 Å². The lowest BCUT2D eigenvalue weighted by Crippen LogP contribution is -2.27. The molecule has 0 unspecified atom stereocenters. The predicted molar refractivity (Wildman–Crippen MR) is 36.0 cm³/mol. The summed E-state index contributed by atoms with van der Waals surface area (Å²) in [6.07, 6.45) is 0.338. The Morgan fingerprint density at radius 1 is 1.33 bits per heavy atom. The van der Waals surface area contributed by atoms with Crippen LogP contribution in [0.2, 0.25) is 0 Å². The van der Waals surface area contributed by atoms with Crippen LogP contribution < -0.4 is 0 Å². The van der Waals surface area contributed by atoms with Crippen LogP contribution >= 0.6 is 0 Å². The third kappa shape index (κ3) is 2.81. The second-order valence-electron chi connectivity index (χ2n) is 2.28. The third-order valence-electron chi connectivity index (χ3n) is 1.35. The number of hydrogen-bond acceptors (Lipinski definition) is 3. The van der Waals surface area contributed by atoms with Gasteiger partial charge < -0.3 is 5.11 Å². The maximum Gasteiger partial charge on any atom is 0.152 e. The molecule has 56 valence electrons. The van der Waals surface area contributed by atoms with Crippen molar-refractivity contribution >= 4 is 9.84 Å². The van der Waals surface area contributed by atoms with Gasteiger partial charge in [0.25, 0.3) is 0 Å². The van der Waals surface area contributed by atoms with Crippen LogP contribution in [0.3, 0.4) is 0 Å². The number of aliphatic hydroxyl groups excluding tert-OH is 1. The summed E-state index contributed by atoms with van der Waals surface area (Å²) in [5.74, 6) is 0. The Labute approximate surface area is 55.6 Å². The minimum Gasteiger partial charge on any atom is -0.392 e.